The van der Waals surface area contributed by atoms with Crippen molar-refractivity contribution >= 4 is 43.2 Å². The van der Waals surface area contributed by atoms with Crippen LogP contribution in [0, 0.1) is 17.8 Å². The van der Waals surface area contributed by atoms with E-state index in [-0.39, 0.29) is 0 Å². The second-order valence-electron chi connectivity index (χ2n) is 6.23. The third-order valence-electron chi connectivity index (χ3n) is 4.70. The normalized spacial score (nSPS) is 28.6. The highest BCUT2D eigenvalue weighted by Crippen LogP contribution is 2.44. The summed E-state index contributed by atoms with van der Waals surface area (Å²) >= 11 is 9.15. The first kappa shape index (κ1) is 17.0. The van der Waals surface area contributed by atoms with Crippen molar-refractivity contribution in [1.29, 1.82) is 0 Å². The summed E-state index contributed by atoms with van der Waals surface area (Å²) in [6.45, 7) is 8.19. The first-order chi connectivity index (χ1) is 9.52. The molecular formula is C16H25Br2NS. The number of nitrogens with one attached hydrogen (secondary N) is 1. The molecule has 0 radical (unpaired) electrons. The second kappa shape index (κ2) is 7.75. The summed E-state index contributed by atoms with van der Waals surface area (Å²) in [5, 5.41) is 3.80. The van der Waals surface area contributed by atoms with Crippen LogP contribution >= 0.6 is 43.2 Å². The average Bonchev–Trinajstić information content (AvgIpc) is 2.74. The van der Waals surface area contributed by atoms with E-state index in [1.165, 1.54) is 38.8 Å². The molecule has 0 amide bonds. The lowest BCUT2D eigenvalue weighted by Crippen LogP contribution is -2.33. The van der Waals surface area contributed by atoms with E-state index < -0.39 is 0 Å². The van der Waals surface area contributed by atoms with E-state index in [2.05, 4.69) is 64.0 Å². The summed E-state index contributed by atoms with van der Waals surface area (Å²) in [6.07, 6.45) is 5.29. The van der Waals surface area contributed by atoms with Crippen LogP contribution in [0.1, 0.15) is 57.4 Å². The molecule has 114 valence electrons. The van der Waals surface area contributed by atoms with Crippen LogP contribution in [0.4, 0.5) is 0 Å². The molecule has 4 heteroatoms. The summed E-state index contributed by atoms with van der Waals surface area (Å²) in [7, 11) is 0. The van der Waals surface area contributed by atoms with Gasteiger partial charge in [-0.2, -0.15) is 0 Å². The molecule has 1 aromatic heterocycles. The number of hydrogen-bond donors (Lipinski definition) is 1. The summed E-state index contributed by atoms with van der Waals surface area (Å²) in [6, 6.07) is 2.82. The van der Waals surface area contributed by atoms with Gasteiger partial charge in [-0.15, -0.1) is 11.3 Å². The quantitative estimate of drug-likeness (QED) is 0.579. The molecule has 0 spiro atoms. The van der Waals surface area contributed by atoms with Crippen molar-refractivity contribution in [3.8, 4) is 0 Å². The lowest BCUT2D eigenvalue weighted by Gasteiger charge is -2.37. The fourth-order valence-electron chi connectivity index (χ4n) is 3.21. The van der Waals surface area contributed by atoms with Gasteiger partial charge in [0.05, 0.1) is 3.79 Å². The van der Waals surface area contributed by atoms with Crippen LogP contribution in [0.15, 0.2) is 14.3 Å². The number of halogens is 2. The standard InChI is InChI=1S/C16H25Br2NS/c1-4-7-19-15(14-9-13(17)16(18)20-14)12-6-5-10(2)11(3)8-12/h9-12,15,19H,4-8H2,1-3H3. The van der Waals surface area contributed by atoms with E-state index >= 15 is 0 Å². The third kappa shape index (κ3) is 4.08. The largest absolute Gasteiger partial charge is 0.309 e. The van der Waals surface area contributed by atoms with Crippen LogP contribution in [-0.4, -0.2) is 6.54 Å². The average molecular weight is 423 g/mol. The Kier molecular flexibility index (Phi) is 6.58. The Morgan fingerprint density at radius 1 is 1.30 bits per heavy atom. The monoisotopic (exact) mass is 421 g/mol. The molecule has 1 aliphatic rings. The zero-order valence-corrected chi connectivity index (χ0v) is 16.6. The fraction of sp³-hybridized carbons (Fsp3) is 0.750. The maximum Gasteiger partial charge on any atom is 0.0843 e. The van der Waals surface area contributed by atoms with Crippen molar-refractivity contribution in [2.45, 2.75) is 52.5 Å². The summed E-state index contributed by atoms with van der Waals surface area (Å²) < 4.78 is 2.41. The molecule has 1 aromatic rings. The molecule has 1 fully saturated rings. The Balaban J connectivity index is 2.14. The minimum absolute atomic E-state index is 0.525. The van der Waals surface area contributed by atoms with Crippen LogP contribution < -0.4 is 5.32 Å². The summed E-state index contributed by atoms with van der Waals surface area (Å²) in [5.41, 5.74) is 0. The van der Waals surface area contributed by atoms with Crippen molar-refractivity contribution < 1.29 is 0 Å². The Morgan fingerprint density at radius 3 is 2.60 bits per heavy atom. The molecule has 2 rings (SSSR count). The number of hydrogen-bond acceptors (Lipinski definition) is 2. The van der Waals surface area contributed by atoms with Crippen molar-refractivity contribution in [1.82, 2.24) is 5.32 Å². The second-order valence-corrected chi connectivity index (χ2v) is 9.49. The Morgan fingerprint density at radius 2 is 2.05 bits per heavy atom. The number of thiophene rings is 1. The van der Waals surface area contributed by atoms with Crippen LogP contribution in [0.25, 0.3) is 0 Å². The van der Waals surface area contributed by atoms with E-state index in [1.54, 1.807) is 0 Å². The zero-order chi connectivity index (χ0) is 14.7. The lowest BCUT2D eigenvalue weighted by atomic mass is 9.73. The zero-order valence-electron chi connectivity index (χ0n) is 12.6. The van der Waals surface area contributed by atoms with Crippen molar-refractivity contribution in [2.75, 3.05) is 6.54 Å². The molecule has 0 aromatic carbocycles. The first-order valence-electron chi connectivity index (χ1n) is 7.71. The van der Waals surface area contributed by atoms with Gasteiger partial charge in [0.2, 0.25) is 0 Å². The summed E-state index contributed by atoms with van der Waals surface area (Å²) in [5.74, 6) is 2.52. The maximum atomic E-state index is 3.80. The maximum absolute atomic E-state index is 3.80. The highest BCUT2D eigenvalue weighted by molar-refractivity contribution is 9.13. The van der Waals surface area contributed by atoms with Gasteiger partial charge in [0, 0.05) is 15.4 Å². The molecule has 0 aliphatic heterocycles. The lowest BCUT2D eigenvalue weighted by molar-refractivity contribution is 0.172. The van der Waals surface area contributed by atoms with E-state index in [1.807, 2.05) is 11.3 Å². The van der Waals surface area contributed by atoms with E-state index in [0.29, 0.717) is 6.04 Å². The van der Waals surface area contributed by atoms with Gasteiger partial charge < -0.3 is 5.32 Å². The van der Waals surface area contributed by atoms with E-state index in [4.69, 9.17) is 0 Å². The molecule has 4 unspecified atom stereocenters. The van der Waals surface area contributed by atoms with Gasteiger partial charge in [-0.05, 0) is 81.5 Å². The first-order valence-corrected chi connectivity index (χ1v) is 10.1. The van der Waals surface area contributed by atoms with Gasteiger partial charge in [-0.25, -0.2) is 0 Å². The van der Waals surface area contributed by atoms with Crippen molar-refractivity contribution in [3.63, 3.8) is 0 Å². The van der Waals surface area contributed by atoms with Gasteiger partial charge >= 0.3 is 0 Å². The van der Waals surface area contributed by atoms with Crippen LogP contribution in [-0.2, 0) is 0 Å². The molecule has 1 heterocycles. The minimum atomic E-state index is 0.525. The Labute approximate surface area is 144 Å². The highest BCUT2D eigenvalue weighted by atomic mass is 79.9. The van der Waals surface area contributed by atoms with Crippen LogP contribution in [0.5, 0.6) is 0 Å². The van der Waals surface area contributed by atoms with Gasteiger partial charge in [-0.1, -0.05) is 27.2 Å². The topological polar surface area (TPSA) is 12.0 Å². The molecule has 0 saturated heterocycles. The van der Waals surface area contributed by atoms with E-state index in [9.17, 15) is 0 Å². The fourth-order valence-corrected chi connectivity index (χ4v) is 5.47. The molecule has 1 aliphatic carbocycles. The Bertz CT molecular complexity index is 413. The molecule has 0 bridgehead atoms. The predicted octanol–water partition coefficient (Wildman–Crippen LogP) is 6.39. The van der Waals surface area contributed by atoms with Crippen molar-refractivity contribution in [3.05, 3.63) is 19.2 Å². The van der Waals surface area contributed by atoms with Gasteiger partial charge in [0.15, 0.2) is 0 Å². The molecule has 1 saturated carbocycles. The summed E-state index contributed by atoms with van der Waals surface area (Å²) in [4.78, 5) is 1.48. The van der Waals surface area contributed by atoms with Gasteiger partial charge in [0.1, 0.15) is 0 Å². The molecular weight excluding hydrogens is 398 g/mol. The SMILES string of the molecule is CCCNC(c1cc(Br)c(Br)s1)C1CCC(C)C(C)C1. The van der Waals surface area contributed by atoms with Crippen LogP contribution in [0.2, 0.25) is 0 Å². The molecule has 1 N–H and O–H groups in total. The third-order valence-corrected chi connectivity index (χ3v) is 8.03. The smallest absolute Gasteiger partial charge is 0.0843 e. The minimum Gasteiger partial charge on any atom is -0.309 e. The van der Waals surface area contributed by atoms with Crippen LogP contribution in [0.3, 0.4) is 0 Å². The molecule has 20 heavy (non-hydrogen) atoms. The highest BCUT2D eigenvalue weighted by Gasteiger charge is 2.31. The van der Waals surface area contributed by atoms with Gasteiger partial charge in [0.25, 0.3) is 0 Å². The number of rotatable bonds is 5. The van der Waals surface area contributed by atoms with Gasteiger partial charge in [-0.3, -0.25) is 0 Å². The Hall–Kier alpha value is 0.620. The van der Waals surface area contributed by atoms with Crippen molar-refractivity contribution in [2.24, 2.45) is 17.8 Å². The molecule has 4 atom stereocenters. The van der Waals surface area contributed by atoms with E-state index in [0.717, 1.165) is 24.3 Å². The predicted molar refractivity (Wildman–Crippen MR) is 96.4 cm³/mol. The molecule has 1 nitrogen and oxygen atoms in total.